The summed E-state index contributed by atoms with van der Waals surface area (Å²) in [7, 11) is 1.24. The first-order valence-corrected chi connectivity index (χ1v) is 11.8. The molecule has 0 radical (unpaired) electrons. The number of fused-ring (bicyclic) bond motifs is 5. The summed E-state index contributed by atoms with van der Waals surface area (Å²) >= 11 is 0. The summed E-state index contributed by atoms with van der Waals surface area (Å²) in [4.78, 5) is 55.1. The SMILES string of the molecule is COC(=O)c1ccccc1N1C(=O)[C@@H]2[C@H](C1=O)[C@H]1c3ccccc3C=NN1[C@H]2C(=O)Nc1ccccc1. The largest absolute Gasteiger partial charge is 0.465 e. The third kappa shape index (κ3) is 3.42. The highest BCUT2D eigenvalue weighted by molar-refractivity contribution is 6.26. The van der Waals surface area contributed by atoms with Crippen molar-refractivity contribution in [2.24, 2.45) is 16.9 Å². The number of ether oxygens (including phenoxy) is 1. The highest BCUT2D eigenvalue weighted by Gasteiger charge is 2.65. The number of para-hydroxylation sites is 2. The van der Waals surface area contributed by atoms with Gasteiger partial charge in [0.15, 0.2) is 0 Å². The van der Waals surface area contributed by atoms with Crippen LogP contribution < -0.4 is 10.2 Å². The molecule has 2 fully saturated rings. The van der Waals surface area contributed by atoms with E-state index in [0.717, 1.165) is 16.0 Å². The minimum Gasteiger partial charge on any atom is -0.465 e. The van der Waals surface area contributed by atoms with E-state index in [0.29, 0.717) is 5.69 Å². The van der Waals surface area contributed by atoms with Crippen molar-refractivity contribution >= 4 is 41.3 Å². The van der Waals surface area contributed by atoms with Crippen LogP contribution in [0.3, 0.4) is 0 Å². The van der Waals surface area contributed by atoms with E-state index in [2.05, 4.69) is 10.4 Å². The number of esters is 1. The van der Waals surface area contributed by atoms with Crippen molar-refractivity contribution in [3.8, 4) is 0 Å². The van der Waals surface area contributed by atoms with E-state index < -0.39 is 47.6 Å². The molecule has 0 spiro atoms. The Labute approximate surface area is 212 Å². The number of rotatable bonds is 4. The van der Waals surface area contributed by atoms with Crippen LogP contribution in [-0.4, -0.2) is 48.1 Å². The minimum absolute atomic E-state index is 0.0934. The van der Waals surface area contributed by atoms with E-state index in [1.807, 2.05) is 30.3 Å². The van der Waals surface area contributed by atoms with Gasteiger partial charge in [-0.1, -0.05) is 54.6 Å². The Morgan fingerprint density at radius 3 is 2.32 bits per heavy atom. The van der Waals surface area contributed by atoms with Gasteiger partial charge in [-0.05, 0) is 35.4 Å². The second-order valence-electron chi connectivity index (χ2n) is 9.07. The Morgan fingerprint density at radius 2 is 1.54 bits per heavy atom. The fraction of sp³-hybridized carbons (Fsp3) is 0.179. The van der Waals surface area contributed by atoms with Gasteiger partial charge >= 0.3 is 5.97 Å². The van der Waals surface area contributed by atoms with Crippen molar-refractivity contribution < 1.29 is 23.9 Å². The van der Waals surface area contributed by atoms with Crippen LogP contribution in [0.2, 0.25) is 0 Å². The summed E-state index contributed by atoms with van der Waals surface area (Å²) < 4.78 is 4.88. The molecule has 6 rings (SSSR count). The molecule has 3 aromatic carbocycles. The summed E-state index contributed by atoms with van der Waals surface area (Å²) in [5.74, 6) is -4.02. The average molecular weight is 495 g/mol. The quantitative estimate of drug-likeness (QED) is 0.441. The van der Waals surface area contributed by atoms with Crippen molar-refractivity contribution in [2.75, 3.05) is 17.3 Å². The lowest BCUT2D eigenvalue weighted by atomic mass is 9.85. The molecule has 1 N–H and O–H groups in total. The Balaban J connectivity index is 1.46. The molecule has 37 heavy (non-hydrogen) atoms. The number of carbonyl (C=O) groups is 4. The molecule has 184 valence electrons. The number of imide groups is 1. The van der Waals surface area contributed by atoms with Crippen LogP contribution in [0.25, 0.3) is 0 Å². The van der Waals surface area contributed by atoms with Crippen LogP contribution >= 0.6 is 0 Å². The standard InChI is InChI=1S/C28H22N4O5/c1-37-28(36)19-13-7-8-14-20(19)31-26(34)21-22(27(31)35)24(25(33)30-17-10-3-2-4-11-17)32-23(21)18-12-6-5-9-16(18)15-29-32/h2-15,21-24H,1H3,(H,30,33)/t21-,22+,23+,24+/m0/s1. The molecule has 0 aliphatic carbocycles. The average Bonchev–Trinajstić information content (AvgIpc) is 3.41. The molecule has 3 heterocycles. The molecule has 0 bridgehead atoms. The Kier molecular flexibility index (Phi) is 5.33. The van der Waals surface area contributed by atoms with E-state index in [1.54, 1.807) is 47.6 Å². The lowest BCUT2D eigenvalue weighted by Crippen LogP contribution is -2.46. The molecule has 4 atom stereocenters. The van der Waals surface area contributed by atoms with Gasteiger partial charge in [-0.2, -0.15) is 5.10 Å². The van der Waals surface area contributed by atoms with Gasteiger partial charge in [0.2, 0.25) is 17.7 Å². The van der Waals surface area contributed by atoms with Crippen LogP contribution in [0.4, 0.5) is 11.4 Å². The van der Waals surface area contributed by atoms with Gasteiger partial charge in [-0.25, -0.2) is 9.69 Å². The number of carbonyl (C=O) groups excluding carboxylic acids is 4. The normalized spacial score (nSPS) is 23.4. The predicted octanol–water partition coefficient (Wildman–Crippen LogP) is 2.99. The van der Waals surface area contributed by atoms with Gasteiger partial charge in [0, 0.05) is 5.69 Å². The highest BCUT2D eigenvalue weighted by atomic mass is 16.5. The number of hydrogen-bond acceptors (Lipinski definition) is 7. The van der Waals surface area contributed by atoms with Gasteiger partial charge in [0.1, 0.15) is 6.04 Å². The number of hydrogen-bond donors (Lipinski definition) is 1. The van der Waals surface area contributed by atoms with Crippen LogP contribution in [0.5, 0.6) is 0 Å². The Bertz CT molecular complexity index is 1470. The smallest absolute Gasteiger partial charge is 0.339 e. The van der Waals surface area contributed by atoms with Gasteiger partial charge in [0.05, 0.1) is 42.5 Å². The summed E-state index contributed by atoms with van der Waals surface area (Å²) in [5.41, 5.74) is 2.43. The van der Waals surface area contributed by atoms with Crippen LogP contribution in [0.15, 0.2) is 84.0 Å². The Morgan fingerprint density at radius 1 is 0.865 bits per heavy atom. The van der Waals surface area contributed by atoms with Crippen molar-refractivity contribution in [1.29, 1.82) is 0 Å². The third-order valence-corrected chi connectivity index (χ3v) is 7.15. The second-order valence-corrected chi connectivity index (χ2v) is 9.07. The van der Waals surface area contributed by atoms with E-state index in [1.165, 1.54) is 19.2 Å². The molecule has 2 saturated heterocycles. The molecule has 3 aromatic rings. The first-order chi connectivity index (χ1) is 18.0. The second kappa shape index (κ2) is 8.70. The monoisotopic (exact) mass is 494 g/mol. The topological polar surface area (TPSA) is 108 Å². The van der Waals surface area contributed by atoms with Crippen molar-refractivity contribution in [2.45, 2.75) is 12.1 Å². The molecule has 0 aromatic heterocycles. The summed E-state index contributed by atoms with van der Waals surface area (Å²) in [6.07, 6.45) is 1.65. The molecule has 0 saturated carbocycles. The van der Waals surface area contributed by atoms with E-state index in [9.17, 15) is 19.2 Å². The molecular weight excluding hydrogens is 472 g/mol. The van der Waals surface area contributed by atoms with E-state index >= 15 is 0 Å². The fourth-order valence-corrected chi connectivity index (χ4v) is 5.59. The van der Waals surface area contributed by atoms with Gasteiger partial charge in [0.25, 0.3) is 0 Å². The number of nitrogens with one attached hydrogen (secondary N) is 1. The summed E-state index contributed by atoms with van der Waals surface area (Å²) in [5, 5.41) is 8.99. The van der Waals surface area contributed by atoms with Crippen molar-refractivity contribution in [1.82, 2.24) is 5.01 Å². The maximum absolute atomic E-state index is 14.0. The molecule has 3 amide bonds. The Hall–Kier alpha value is -4.79. The molecule has 9 heteroatoms. The zero-order valence-corrected chi connectivity index (χ0v) is 19.8. The first kappa shape index (κ1) is 22.7. The summed E-state index contributed by atoms with van der Waals surface area (Å²) in [6, 6.07) is 21.1. The number of methoxy groups -OCH3 is 1. The van der Waals surface area contributed by atoms with E-state index in [-0.39, 0.29) is 11.3 Å². The maximum Gasteiger partial charge on any atom is 0.339 e. The maximum atomic E-state index is 14.0. The number of amides is 3. The van der Waals surface area contributed by atoms with Gasteiger partial charge in [-0.15, -0.1) is 0 Å². The fourth-order valence-electron chi connectivity index (χ4n) is 5.59. The van der Waals surface area contributed by atoms with Gasteiger partial charge < -0.3 is 10.1 Å². The first-order valence-electron chi connectivity index (χ1n) is 11.8. The molecule has 3 aliphatic rings. The summed E-state index contributed by atoms with van der Waals surface area (Å²) in [6.45, 7) is 0. The zero-order valence-electron chi connectivity index (χ0n) is 19.8. The lowest BCUT2D eigenvalue weighted by molar-refractivity contribution is -0.129. The molecule has 3 aliphatic heterocycles. The number of nitrogens with zero attached hydrogens (tertiary/aromatic N) is 3. The number of hydrazone groups is 1. The highest BCUT2D eigenvalue weighted by Crippen LogP contribution is 2.53. The van der Waals surface area contributed by atoms with Crippen molar-refractivity contribution in [3.63, 3.8) is 0 Å². The van der Waals surface area contributed by atoms with Gasteiger partial charge in [-0.3, -0.25) is 19.4 Å². The molecular formula is C28H22N4O5. The minimum atomic E-state index is -1.04. The zero-order chi connectivity index (χ0) is 25.7. The van der Waals surface area contributed by atoms with Crippen LogP contribution in [0, 0.1) is 11.8 Å². The van der Waals surface area contributed by atoms with Crippen molar-refractivity contribution in [3.05, 3.63) is 95.6 Å². The molecule has 9 nitrogen and oxygen atoms in total. The lowest BCUT2D eigenvalue weighted by Gasteiger charge is -2.33. The number of benzene rings is 3. The predicted molar refractivity (Wildman–Crippen MR) is 135 cm³/mol. The number of anilines is 2. The van der Waals surface area contributed by atoms with Crippen LogP contribution in [-0.2, 0) is 19.1 Å². The van der Waals surface area contributed by atoms with E-state index in [4.69, 9.17) is 4.74 Å². The third-order valence-electron chi connectivity index (χ3n) is 7.15. The molecule has 0 unspecified atom stereocenters. The van der Waals surface area contributed by atoms with Crippen LogP contribution in [0.1, 0.15) is 27.5 Å².